The lowest BCUT2D eigenvalue weighted by Crippen LogP contribution is -2.19. The van der Waals surface area contributed by atoms with Gasteiger partial charge in [0.1, 0.15) is 5.75 Å². The fourth-order valence-corrected chi connectivity index (χ4v) is 4.52. The van der Waals surface area contributed by atoms with Crippen LogP contribution in [0.1, 0.15) is 15.9 Å². The number of thiazole rings is 1. The van der Waals surface area contributed by atoms with E-state index in [1.54, 1.807) is 14.2 Å². The van der Waals surface area contributed by atoms with Crippen LogP contribution in [0.5, 0.6) is 5.75 Å². The summed E-state index contributed by atoms with van der Waals surface area (Å²) in [5.74, 6) is 0.208. The lowest BCUT2D eigenvalue weighted by atomic mass is 10.1. The summed E-state index contributed by atoms with van der Waals surface area (Å²) >= 11 is 1.51. The summed E-state index contributed by atoms with van der Waals surface area (Å²) in [7, 11) is 3.24. The predicted octanol–water partition coefficient (Wildman–Crippen LogP) is 4.56. The van der Waals surface area contributed by atoms with Gasteiger partial charge in [0, 0.05) is 13.7 Å². The van der Waals surface area contributed by atoms with E-state index in [1.807, 2.05) is 41.0 Å². The van der Waals surface area contributed by atoms with Crippen LogP contribution in [0.4, 0.5) is 0 Å². The van der Waals surface area contributed by atoms with Crippen LogP contribution < -0.4 is 9.54 Å². The molecule has 1 heterocycles. The minimum atomic E-state index is -0.318. The number of carbonyl (C=O) groups excluding carboxylic acids is 1. The molecule has 4 rings (SSSR count). The Balaban J connectivity index is 1.86. The first-order valence-corrected chi connectivity index (χ1v) is 10.2. The van der Waals surface area contributed by atoms with E-state index >= 15 is 0 Å². The number of hydrogen-bond donors (Lipinski definition) is 0. The molecule has 0 aliphatic heterocycles. The highest BCUT2D eigenvalue weighted by molar-refractivity contribution is 7.16. The van der Waals surface area contributed by atoms with Gasteiger partial charge in [0.05, 0.1) is 29.5 Å². The van der Waals surface area contributed by atoms with Gasteiger partial charge in [0.15, 0.2) is 4.80 Å². The second-order valence-corrected chi connectivity index (χ2v) is 7.83. The van der Waals surface area contributed by atoms with Crippen molar-refractivity contribution in [2.24, 2.45) is 4.99 Å². The van der Waals surface area contributed by atoms with Crippen molar-refractivity contribution in [1.82, 2.24) is 4.57 Å². The predicted molar refractivity (Wildman–Crippen MR) is 117 cm³/mol. The third-order valence-corrected chi connectivity index (χ3v) is 5.89. The molecule has 29 heavy (non-hydrogen) atoms. The van der Waals surface area contributed by atoms with E-state index in [9.17, 15) is 4.79 Å². The van der Waals surface area contributed by atoms with Gasteiger partial charge in [-0.05, 0) is 47.5 Å². The van der Waals surface area contributed by atoms with E-state index in [1.165, 1.54) is 16.9 Å². The number of aryl methyl sites for hydroxylation is 1. The van der Waals surface area contributed by atoms with Crippen LogP contribution >= 0.6 is 11.3 Å². The number of nitrogens with zero attached hydrogens (tertiary/aromatic N) is 2. The SMILES string of the molecule is COCCn1c(=NC(=O)c2cc3ccccc3cc2OC)sc2cc(C)ccc21. The zero-order valence-electron chi connectivity index (χ0n) is 16.6. The average Bonchev–Trinajstić information content (AvgIpc) is 3.06. The Morgan fingerprint density at radius 1 is 1.07 bits per heavy atom. The van der Waals surface area contributed by atoms with Gasteiger partial charge in [0.2, 0.25) is 0 Å². The van der Waals surface area contributed by atoms with Crippen molar-refractivity contribution in [3.63, 3.8) is 0 Å². The molecule has 0 aliphatic rings. The van der Waals surface area contributed by atoms with Gasteiger partial charge in [-0.25, -0.2) is 0 Å². The van der Waals surface area contributed by atoms with Gasteiger partial charge in [-0.15, -0.1) is 0 Å². The molecule has 0 unspecified atom stereocenters. The lowest BCUT2D eigenvalue weighted by molar-refractivity contribution is 0.0994. The van der Waals surface area contributed by atoms with Crippen LogP contribution in [-0.2, 0) is 11.3 Å². The fraction of sp³-hybridized carbons (Fsp3) is 0.217. The van der Waals surface area contributed by atoms with E-state index in [-0.39, 0.29) is 5.91 Å². The molecule has 148 valence electrons. The zero-order chi connectivity index (χ0) is 20.4. The van der Waals surface area contributed by atoms with E-state index in [0.29, 0.717) is 29.3 Å². The molecule has 0 saturated carbocycles. The first-order valence-electron chi connectivity index (χ1n) is 9.35. The van der Waals surface area contributed by atoms with Crippen molar-refractivity contribution >= 4 is 38.2 Å². The normalized spacial score (nSPS) is 12.0. The van der Waals surface area contributed by atoms with Gasteiger partial charge in [-0.1, -0.05) is 41.7 Å². The van der Waals surface area contributed by atoms with E-state index in [2.05, 4.69) is 30.1 Å². The maximum Gasteiger partial charge on any atom is 0.283 e. The van der Waals surface area contributed by atoms with Crippen LogP contribution in [0.25, 0.3) is 21.0 Å². The standard InChI is InChI=1S/C23H22N2O3S/c1-15-8-9-19-21(12-15)29-23(25(19)10-11-27-2)24-22(26)18-13-16-6-4-5-7-17(16)14-20(18)28-3/h4-9,12-14H,10-11H2,1-3H3. The van der Waals surface area contributed by atoms with Crippen molar-refractivity contribution < 1.29 is 14.3 Å². The number of ether oxygens (including phenoxy) is 2. The van der Waals surface area contributed by atoms with Crippen molar-refractivity contribution in [1.29, 1.82) is 0 Å². The highest BCUT2D eigenvalue weighted by atomic mass is 32.1. The Morgan fingerprint density at radius 3 is 2.55 bits per heavy atom. The second-order valence-electron chi connectivity index (χ2n) is 6.82. The largest absolute Gasteiger partial charge is 0.496 e. The summed E-state index contributed by atoms with van der Waals surface area (Å²) in [6.45, 7) is 3.22. The molecule has 0 fully saturated rings. The summed E-state index contributed by atoms with van der Waals surface area (Å²) < 4.78 is 13.9. The lowest BCUT2D eigenvalue weighted by Gasteiger charge is -2.08. The minimum absolute atomic E-state index is 0.318. The number of rotatable bonds is 5. The summed E-state index contributed by atoms with van der Waals surface area (Å²) in [5, 5.41) is 2.00. The van der Waals surface area contributed by atoms with Crippen LogP contribution in [0.15, 0.2) is 59.6 Å². The Hall–Kier alpha value is -2.96. The molecule has 0 saturated heterocycles. The molecular weight excluding hydrogens is 384 g/mol. The monoisotopic (exact) mass is 406 g/mol. The minimum Gasteiger partial charge on any atom is -0.496 e. The van der Waals surface area contributed by atoms with Crippen molar-refractivity contribution in [2.45, 2.75) is 13.5 Å². The van der Waals surface area contributed by atoms with Crippen LogP contribution in [-0.4, -0.2) is 31.3 Å². The molecule has 1 aromatic heterocycles. The van der Waals surface area contributed by atoms with Gasteiger partial charge in [-0.2, -0.15) is 4.99 Å². The Bertz CT molecular complexity index is 1270. The summed E-state index contributed by atoms with van der Waals surface area (Å²) in [5.41, 5.74) is 2.68. The number of carbonyl (C=O) groups is 1. The second kappa shape index (κ2) is 8.19. The molecule has 0 radical (unpaired) electrons. The van der Waals surface area contributed by atoms with Gasteiger partial charge < -0.3 is 14.0 Å². The maximum absolute atomic E-state index is 13.1. The maximum atomic E-state index is 13.1. The smallest absolute Gasteiger partial charge is 0.283 e. The molecular formula is C23H22N2O3S. The van der Waals surface area contributed by atoms with Gasteiger partial charge in [0.25, 0.3) is 5.91 Å². The van der Waals surface area contributed by atoms with Crippen LogP contribution in [0.3, 0.4) is 0 Å². The average molecular weight is 407 g/mol. The molecule has 0 aliphatic carbocycles. The number of hydrogen-bond acceptors (Lipinski definition) is 4. The molecule has 3 aromatic carbocycles. The van der Waals surface area contributed by atoms with E-state index in [0.717, 1.165) is 21.0 Å². The Kier molecular flexibility index (Phi) is 5.47. The third kappa shape index (κ3) is 3.81. The number of aromatic nitrogens is 1. The summed E-state index contributed by atoms with van der Waals surface area (Å²) in [6.07, 6.45) is 0. The molecule has 0 N–H and O–H groups in total. The number of benzene rings is 3. The zero-order valence-corrected chi connectivity index (χ0v) is 17.5. The topological polar surface area (TPSA) is 52.8 Å². The van der Waals surface area contributed by atoms with Crippen LogP contribution in [0.2, 0.25) is 0 Å². The van der Waals surface area contributed by atoms with Crippen molar-refractivity contribution in [3.05, 3.63) is 70.5 Å². The molecule has 5 nitrogen and oxygen atoms in total. The number of methoxy groups -OCH3 is 2. The summed E-state index contributed by atoms with van der Waals surface area (Å²) in [4.78, 5) is 18.2. The highest BCUT2D eigenvalue weighted by Gasteiger charge is 2.15. The van der Waals surface area contributed by atoms with E-state index in [4.69, 9.17) is 9.47 Å². The van der Waals surface area contributed by atoms with Crippen molar-refractivity contribution in [2.75, 3.05) is 20.8 Å². The third-order valence-electron chi connectivity index (χ3n) is 4.85. The quantitative estimate of drug-likeness (QED) is 0.488. The molecule has 1 amide bonds. The van der Waals surface area contributed by atoms with Gasteiger partial charge >= 0.3 is 0 Å². The van der Waals surface area contributed by atoms with E-state index < -0.39 is 0 Å². The first-order chi connectivity index (χ1) is 14.1. The summed E-state index contributed by atoms with van der Waals surface area (Å²) in [6, 6.07) is 17.9. The van der Waals surface area contributed by atoms with Crippen LogP contribution in [0, 0.1) is 6.92 Å². The molecule has 0 bridgehead atoms. The molecule has 4 aromatic rings. The molecule has 6 heteroatoms. The first kappa shape index (κ1) is 19.4. The Labute approximate surface area is 172 Å². The van der Waals surface area contributed by atoms with Gasteiger partial charge in [-0.3, -0.25) is 4.79 Å². The highest BCUT2D eigenvalue weighted by Crippen LogP contribution is 2.27. The molecule has 0 spiro atoms. The Morgan fingerprint density at radius 2 is 1.83 bits per heavy atom. The number of amides is 1. The fourth-order valence-electron chi connectivity index (χ4n) is 3.37. The molecule has 0 atom stereocenters. The number of fused-ring (bicyclic) bond motifs is 2. The van der Waals surface area contributed by atoms with Crippen molar-refractivity contribution in [3.8, 4) is 5.75 Å².